The number of ether oxygens (including phenoxy) is 1. The molecule has 0 fully saturated rings. The second-order valence-corrected chi connectivity index (χ2v) is 12.5. The van der Waals surface area contributed by atoms with E-state index in [0.29, 0.717) is 35.7 Å². The number of hydrogen-bond donors (Lipinski definition) is 2. The van der Waals surface area contributed by atoms with Gasteiger partial charge in [0.05, 0.1) is 23.9 Å². The number of benzene rings is 3. The maximum Gasteiger partial charge on any atom is 0.322 e. The Bertz CT molecular complexity index is 1540. The molecule has 2 aliphatic heterocycles. The van der Waals surface area contributed by atoms with Gasteiger partial charge in [0.2, 0.25) is 5.91 Å². The molecule has 0 radical (unpaired) electrons. The van der Waals surface area contributed by atoms with Crippen molar-refractivity contribution in [3.63, 3.8) is 0 Å². The minimum Gasteiger partial charge on any atom is -0.457 e. The molecule has 0 aromatic heterocycles. The van der Waals surface area contributed by atoms with Crippen molar-refractivity contribution in [2.75, 3.05) is 40.8 Å². The van der Waals surface area contributed by atoms with Crippen molar-refractivity contribution in [2.45, 2.75) is 32.4 Å². The van der Waals surface area contributed by atoms with Gasteiger partial charge in [-0.15, -0.1) is 0 Å². The van der Waals surface area contributed by atoms with Gasteiger partial charge in [0.15, 0.2) is 0 Å². The van der Waals surface area contributed by atoms with Crippen LogP contribution in [0.5, 0.6) is 11.5 Å². The quantitative estimate of drug-likeness (QED) is 0.338. The Kier molecular flexibility index (Phi) is 9.06. The first-order chi connectivity index (χ1) is 21.0. The second kappa shape index (κ2) is 12.9. The van der Waals surface area contributed by atoms with Gasteiger partial charge in [0.1, 0.15) is 17.5 Å². The summed E-state index contributed by atoms with van der Waals surface area (Å²) in [4.78, 5) is 46.5. The van der Waals surface area contributed by atoms with E-state index >= 15 is 0 Å². The fraction of sp³-hybridized carbons (Fsp3) is 0.343. The molecule has 2 N–H and O–H groups in total. The zero-order chi connectivity index (χ0) is 31.4. The number of likely N-dealkylation sites (N-methyl/N-ethyl adjacent to an activating group) is 1. The van der Waals surface area contributed by atoms with Gasteiger partial charge in [0, 0.05) is 26.6 Å². The lowest BCUT2D eigenvalue weighted by Crippen LogP contribution is -2.52. The van der Waals surface area contributed by atoms with Gasteiger partial charge in [-0.25, -0.2) is 4.79 Å². The first kappa shape index (κ1) is 30.8. The van der Waals surface area contributed by atoms with E-state index in [1.807, 2.05) is 99.0 Å². The molecule has 9 nitrogen and oxygen atoms in total. The molecule has 44 heavy (non-hydrogen) atoms. The highest BCUT2D eigenvalue weighted by Crippen LogP contribution is 2.38. The van der Waals surface area contributed by atoms with Crippen LogP contribution in [0.2, 0.25) is 0 Å². The average molecular weight is 596 g/mol. The molecule has 2 aliphatic rings. The van der Waals surface area contributed by atoms with Gasteiger partial charge in [-0.2, -0.15) is 0 Å². The molecule has 2 unspecified atom stereocenters. The molecule has 230 valence electrons. The van der Waals surface area contributed by atoms with Crippen molar-refractivity contribution in [3.8, 4) is 11.5 Å². The topological polar surface area (TPSA) is 94.2 Å². The predicted molar refractivity (Wildman–Crippen MR) is 170 cm³/mol. The fourth-order valence-electron chi connectivity index (χ4n) is 6.01. The summed E-state index contributed by atoms with van der Waals surface area (Å²) in [6.45, 7) is 5.62. The van der Waals surface area contributed by atoms with E-state index in [4.69, 9.17) is 4.74 Å². The van der Waals surface area contributed by atoms with E-state index in [1.165, 1.54) is 4.90 Å². The second-order valence-electron chi connectivity index (χ2n) is 12.5. The summed E-state index contributed by atoms with van der Waals surface area (Å²) in [6, 6.07) is 24.8. The van der Waals surface area contributed by atoms with Crippen LogP contribution in [-0.2, 0) is 16.0 Å². The number of amides is 4. The zero-order valence-corrected chi connectivity index (χ0v) is 26.0. The van der Waals surface area contributed by atoms with Gasteiger partial charge in [-0.1, -0.05) is 74.5 Å². The van der Waals surface area contributed by atoms with E-state index in [2.05, 4.69) is 29.4 Å². The lowest BCUT2D eigenvalue weighted by atomic mass is 9.92. The Labute approximate surface area is 259 Å². The summed E-state index contributed by atoms with van der Waals surface area (Å²) < 4.78 is 6.04. The largest absolute Gasteiger partial charge is 0.457 e. The fourth-order valence-corrected chi connectivity index (χ4v) is 6.01. The van der Waals surface area contributed by atoms with Crippen LogP contribution in [-0.4, -0.2) is 79.4 Å². The van der Waals surface area contributed by atoms with Crippen molar-refractivity contribution >= 4 is 17.8 Å². The molecule has 4 amide bonds. The standard InChI is InChI=1S/C35H41N5O4/c1-35(2,23-38(3)4)22-36-32(41)28(19-24-13-8-6-9-14-24)40-21-29-30(33(40)42)31(37-34(43)39(29)5)25-15-12-18-27(20-25)44-26-16-10-7-11-17-26/h6-18,20,28,31H,19,21-23H2,1-5H3,(H,36,41)(H,37,43). The summed E-state index contributed by atoms with van der Waals surface area (Å²) in [7, 11) is 5.67. The Balaban J connectivity index is 1.43. The molecule has 5 rings (SSSR count). The van der Waals surface area contributed by atoms with Crippen LogP contribution < -0.4 is 15.4 Å². The molecule has 2 atom stereocenters. The first-order valence-electron chi connectivity index (χ1n) is 14.9. The number of carbonyl (C=O) groups is 3. The van der Waals surface area contributed by atoms with Crippen molar-refractivity contribution in [1.82, 2.24) is 25.3 Å². The number of rotatable bonds is 11. The van der Waals surface area contributed by atoms with Gasteiger partial charge in [0.25, 0.3) is 5.91 Å². The van der Waals surface area contributed by atoms with E-state index < -0.39 is 12.1 Å². The molecule has 2 heterocycles. The van der Waals surface area contributed by atoms with Gasteiger partial charge >= 0.3 is 6.03 Å². The summed E-state index contributed by atoms with van der Waals surface area (Å²) in [5.74, 6) is 0.789. The molecule has 9 heteroatoms. The third kappa shape index (κ3) is 6.94. The highest BCUT2D eigenvalue weighted by atomic mass is 16.5. The molecule has 3 aromatic carbocycles. The van der Waals surface area contributed by atoms with E-state index in [0.717, 1.165) is 17.7 Å². The van der Waals surface area contributed by atoms with Crippen LogP contribution in [0.15, 0.2) is 96.2 Å². The summed E-state index contributed by atoms with van der Waals surface area (Å²) >= 11 is 0. The minimum atomic E-state index is -0.762. The zero-order valence-electron chi connectivity index (χ0n) is 26.0. The van der Waals surface area contributed by atoms with Crippen LogP contribution in [0.3, 0.4) is 0 Å². The highest BCUT2D eigenvalue weighted by molar-refractivity contribution is 6.03. The molecule has 0 spiro atoms. The average Bonchev–Trinajstić information content (AvgIpc) is 3.34. The summed E-state index contributed by atoms with van der Waals surface area (Å²) in [5, 5.41) is 6.13. The van der Waals surface area contributed by atoms with Gasteiger partial charge in [-0.05, 0) is 54.9 Å². The Morgan fingerprint density at radius 1 is 1.00 bits per heavy atom. The van der Waals surface area contributed by atoms with Crippen molar-refractivity contribution < 1.29 is 19.1 Å². The summed E-state index contributed by atoms with van der Waals surface area (Å²) in [5.41, 5.74) is 2.55. The molecule has 0 bridgehead atoms. The van der Waals surface area contributed by atoms with Crippen LogP contribution in [0, 0.1) is 5.41 Å². The summed E-state index contributed by atoms with van der Waals surface area (Å²) in [6.07, 6.45) is 0.350. The third-order valence-corrected chi connectivity index (χ3v) is 7.99. The van der Waals surface area contributed by atoms with E-state index in [9.17, 15) is 14.4 Å². The van der Waals surface area contributed by atoms with Crippen LogP contribution in [0.25, 0.3) is 0 Å². The lowest BCUT2D eigenvalue weighted by molar-refractivity contribution is -0.136. The Morgan fingerprint density at radius 2 is 1.66 bits per heavy atom. The third-order valence-electron chi connectivity index (χ3n) is 7.99. The van der Waals surface area contributed by atoms with E-state index in [1.54, 1.807) is 11.9 Å². The number of carbonyl (C=O) groups excluding carboxylic acids is 3. The molecular weight excluding hydrogens is 554 g/mol. The van der Waals surface area contributed by atoms with Crippen molar-refractivity contribution in [3.05, 3.63) is 107 Å². The van der Waals surface area contributed by atoms with Crippen LogP contribution >= 0.6 is 0 Å². The first-order valence-corrected chi connectivity index (χ1v) is 14.9. The Morgan fingerprint density at radius 3 is 2.34 bits per heavy atom. The van der Waals surface area contributed by atoms with Crippen LogP contribution in [0.1, 0.15) is 31.0 Å². The normalized spacial score (nSPS) is 17.5. The molecule has 3 aromatic rings. The van der Waals surface area contributed by atoms with Crippen molar-refractivity contribution in [2.24, 2.45) is 5.41 Å². The molecule has 0 saturated carbocycles. The monoisotopic (exact) mass is 595 g/mol. The lowest BCUT2D eigenvalue weighted by Gasteiger charge is -2.32. The Hall–Kier alpha value is -4.63. The smallest absolute Gasteiger partial charge is 0.322 e. The number of urea groups is 1. The number of para-hydroxylation sites is 1. The highest BCUT2D eigenvalue weighted by Gasteiger charge is 2.46. The number of hydrogen-bond acceptors (Lipinski definition) is 5. The molecular formula is C35H41N5O4. The van der Waals surface area contributed by atoms with Gasteiger partial charge < -0.3 is 25.2 Å². The maximum absolute atomic E-state index is 14.3. The molecule has 0 saturated heterocycles. The van der Waals surface area contributed by atoms with Crippen LogP contribution in [0.4, 0.5) is 4.79 Å². The minimum absolute atomic E-state index is 0.154. The van der Waals surface area contributed by atoms with Gasteiger partial charge in [-0.3, -0.25) is 14.5 Å². The molecule has 0 aliphatic carbocycles. The number of nitrogens with zero attached hydrogens (tertiary/aromatic N) is 3. The van der Waals surface area contributed by atoms with Crippen molar-refractivity contribution in [1.29, 1.82) is 0 Å². The van der Waals surface area contributed by atoms with E-state index in [-0.39, 0.29) is 29.8 Å². The SMILES string of the molecule is CN(C)CC(C)(C)CNC(=O)C(Cc1ccccc1)N1CC2=C(C1=O)C(c1cccc(Oc3ccccc3)c1)NC(=O)N2C. The predicted octanol–water partition coefficient (Wildman–Crippen LogP) is 4.59. The number of nitrogens with one attached hydrogen (secondary N) is 2. The maximum atomic E-state index is 14.3.